The minimum absolute atomic E-state index is 0.0209. The third-order valence-electron chi connectivity index (χ3n) is 12.0. The van der Waals surface area contributed by atoms with E-state index in [-0.39, 0.29) is 10.8 Å². The molecule has 1 aliphatic carbocycles. The smallest absolute Gasteiger partial charge is 0.137 e. The van der Waals surface area contributed by atoms with Gasteiger partial charge in [0.1, 0.15) is 11.2 Å². The van der Waals surface area contributed by atoms with Gasteiger partial charge in [0.15, 0.2) is 0 Å². The lowest BCUT2D eigenvalue weighted by Crippen LogP contribution is -2.19. The number of anilines is 3. The molecule has 0 unspecified atom stereocenters. The Morgan fingerprint density at radius 2 is 0.965 bits per heavy atom. The monoisotopic (exact) mass is 735 g/mol. The largest absolute Gasteiger partial charge is 0.456 e. The minimum Gasteiger partial charge on any atom is -0.456 e. The van der Waals surface area contributed by atoms with Crippen LogP contribution in [0.5, 0.6) is 0 Å². The first-order chi connectivity index (χ1) is 27.6. The number of rotatable bonds is 6. The summed E-state index contributed by atoms with van der Waals surface area (Å²) in [6.45, 7) is 11.6. The van der Waals surface area contributed by atoms with Crippen LogP contribution in [0.25, 0.3) is 66.4 Å². The average molecular weight is 736 g/mol. The molecule has 9 aromatic rings. The van der Waals surface area contributed by atoms with Gasteiger partial charge in [-0.15, -0.1) is 0 Å². The van der Waals surface area contributed by atoms with Crippen molar-refractivity contribution in [2.75, 3.05) is 4.90 Å². The third kappa shape index (κ3) is 5.95. The molecule has 0 fully saturated rings. The Morgan fingerprint density at radius 1 is 0.421 bits per heavy atom. The molecule has 1 heterocycles. The van der Waals surface area contributed by atoms with Crippen LogP contribution in [0.15, 0.2) is 186 Å². The molecule has 276 valence electrons. The van der Waals surface area contributed by atoms with Gasteiger partial charge in [0, 0.05) is 39.3 Å². The molecule has 0 N–H and O–H groups in total. The van der Waals surface area contributed by atoms with Gasteiger partial charge >= 0.3 is 0 Å². The van der Waals surface area contributed by atoms with Gasteiger partial charge in [-0.25, -0.2) is 0 Å². The van der Waals surface area contributed by atoms with E-state index in [0.717, 1.165) is 39.0 Å². The molecule has 0 amide bonds. The van der Waals surface area contributed by atoms with Crippen molar-refractivity contribution in [2.24, 2.45) is 0 Å². The molecule has 0 spiro atoms. The van der Waals surface area contributed by atoms with Crippen molar-refractivity contribution in [2.45, 2.75) is 45.4 Å². The van der Waals surface area contributed by atoms with Crippen molar-refractivity contribution in [3.8, 4) is 44.5 Å². The van der Waals surface area contributed by atoms with Gasteiger partial charge in [-0.05, 0) is 115 Å². The maximum Gasteiger partial charge on any atom is 0.137 e. The van der Waals surface area contributed by atoms with Gasteiger partial charge in [-0.1, -0.05) is 162 Å². The summed E-state index contributed by atoms with van der Waals surface area (Å²) in [5.41, 5.74) is 19.0. The van der Waals surface area contributed by atoms with Crippen molar-refractivity contribution in [3.63, 3.8) is 0 Å². The van der Waals surface area contributed by atoms with Crippen molar-refractivity contribution < 1.29 is 4.42 Å². The summed E-state index contributed by atoms with van der Waals surface area (Å²) in [4.78, 5) is 2.39. The molecule has 57 heavy (non-hydrogen) atoms. The van der Waals surface area contributed by atoms with Crippen LogP contribution in [0, 0.1) is 0 Å². The fraction of sp³-hybridized carbons (Fsp3) is 0.127. The van der Waals surface area contributed by atoms with Crippen molar-refractivity contribution in [3.05, 3.63) is 199 Å². The Labute approximate surface area is 335 Å². The van der Waals surface area contributed by atoms with Crippen molar-refractivity contribution in [1.82, 2.24) is 0 Å². The van der Waals surface area contributed by atoms with Gasteiger partial charge in [0.25, 0.3) is 0 Å². The van der Waals surface area contributed by atoms with E-state index in [9.17, 15) is 0 Å². The predicted molar refractivity (Wildman–Crippen MR) is 241 cm³/mol. The summed E-state index contributed by atoms with van der Waals surface area (Å²) in [7, 11) is 0. The van der Waals surface area contributed by atoms with Crippen molar-refractivity contribution in [1.29, 1.82) is 0 Å². The molecular formula is C55H45NO. The lowest BCUT2D eigenvalue weighted by atomic mass is 9.81. The number of benzene rings is 8. The summed E-state index contributed by atoms with van der Waals surface area (Å²) in [6, 6.07) is 66.3. The van der Waals surface area contributed by atoms with Crippen LogP contribution < -0.4 is 4.90 Å². The maximum absolute atomic E-state index is 6.43. The van der Waals surface area contributed by atoms with E-state index in [4.69, 9.17) is 4.42 Å². The second-order valence-corrected chi connectivity index (χ2v) is 17.0. The van der Waals surface area contributed by atoms with Gasteiger partial charge < -0.3 is 9.32 Å². The molecule has 0 saturated heterocycles. The zero-order valence-corrected chi connectivity index (χ0v) is 33.2. The Hall–Kier alpha value is -6.64. The highest BCUT2D eigenvalue weighted by Gasteiger charge is 2.35. The van der Waals surface area contributed by atoms with E-state index in [0.29, 0.717) is 0 Å². The number of hydrogen-bond acceptors (Lipinski definition) is 2. The van der Waals surface area contributed by atoms with Crippen LogP contribution in [-0.2, 0) is 10.8 Å². The predicted octanol–water partition coefficient (Wildman–Crippen LogP) is 15.7. The molecule has 0 radical (unpaired) electrons. The number of nitrogens with zero attached hydrogens (tertiary/aromatic N) is 1. The summed E-state index contributed by atoms with van der Waals surface area (Å²) in [6.07, 6.45) is 0. The Morgan fingerprint density at radius 3 is 1.72 bits per heavy atom. The van der Waals surface area contributed by atoms with E-state index in [1.54, 1.807) is 0 Å². The first-order valence-electron chi connectivity index (χ1n) is 20.0. The highest BCUT2D eigenvalue weighted by atomic mass is 16.3. The van der Waals surface area contributed by atoms with E-state index >= 15 is 0 Å². The van der Waals surface area contributed by atoms with Crippen LogP contribution in [0.2, 0.25) is 0 Å². The first-order valence-corrected chi connectivity index (χ1v) is 20.0. The maximum atomic E-state index is 6.43. The lowest BCUT2D eigenvalue weighted by Gasteiger charge is -2.32. The molecule has 0 saturated carbocycles. The molecule has 1 aliphatic rings. The van der Waals surface area contributed by atoms with Crippen molar-refractivity contribution >= 4 is 39.0 Å². The van der Waals surface area contributed by atoms with Crippen LogP contribution in [0.4, 0.5) is 17.1 Å². The number of furan rings is 1. The molecular weight excluding hydrogens is 691 g/mol. The summed E-state index contributed by atoms with van der Waals surface area (Å²) in [5, 5.41) is 2.26. The molecule has 0 atom stereocenters. The zero-order chi connectivity index (χ0) is 38.9. The molecule has 10 rings (SSSR count). The summed E-state index contributed by atoms with van der Waals surface area (Å²) in [5.74, 6) is 0. The second-order valence-electron chi connectivity index (χ2n) is 17.0. The van der Waals surface area contributed by atoms with E-state index < -0.39 is 0 Å². The number of hydrogen-bond donors (Lipinski definition) is 0. The van der Waals surface area contributed by atoms with E-state index in [1.807, 2.05) is 12.1 Å². The molecule has 0 aliphatic heterocycles. The highest BCUT2D eigenvalue weighted by molar-refractivity contribution is 6.06. The molecule has 0 bridgehead atoms. The van der Waals surface area contributed by atoms with Gasteiger partial charge in [0.2, 0.25) is 0 Å². The Kier molecular flexibility index (Phi) is 8.09. The van der Waals surface area contributed by atoms with E-state index in [2.05, 4.69) is 209 Å². The number of para-hydroxylation sites is 1. The average Bonchev–Trinajstić information content (AvgIpc) is 3.72. The first kappa shape index (κ1) is 34.8. The van der Waals surface area contributed by atoms with Gasteiger partial charge in [0.05, 0.1) is 0 Å². The topological polar surface area (TPSA) is 16.4 Å². The number of fused-ring (bicyclic) bond motifs is 6. The fourth-order valence-electron chi connectivity index (χ4n) is 8.96. The standard InChI is InChI=1S/C55H45NO/c1-54(2,3)50-34-41(36-13-7-6-8-14-36)26-32-51(50)56(43-29-31-47-46-16-10-12-18-52(46)57-53(47)35-43)42-27-23-38(24-28-42)37-19-21-39(22-20-37)40-25-30-45-44-15-9-11-17-48(44)55(4,5)49(45)33-40/h6-35H,1-5H3. The van der Waals surface area contributed by atoms with Gasteiger partial charge in [-0.3, -0.25) is 0 Å². The van der Waals surface area contributed by atoms with Gasteiger partial charge in [-0.2, -0.15) is 0 Å². The normalized spacial score (nSPS) is 13.1. The Bertz CT molecular complexity index is 2940. The molecule has 2 nitrogen and oxygen atoms in total. The SMILES string of the molecule is CC(C)(C)c1cc(-c2ccccc2)ccc1N(c1ccc(-c2ccc(-c3ccc4c(c3)C(C)(C)c3ccccc3-4)cc2)cc1)c1ccc2c(c1)oc1ccccc12. The zero-order valence-electron chi connectivity index (χ0n) is 33.2. The summed E-state index contributed by atoms with van der Waals surface area (Å²) < 4.78 is 6.43. The van der Waals surface area contributed by atoms with Crippen LogP contribution in [0.1, 0.15) is 51.3 Å². The molecule has 8 aromatic carbocycles. The minimum atomic E-state index is -0.123. The third-order valence-corrected chi connectivity index (χ3v) is 12.0. The van der Waals surface area contributed by atoms with Crippen LogP contribution in [0.3, 0.4) is 0 Å². The summed E-state index contributed by atoms with van der Waals surface area (Å²) >= 11 is 0. The Balaban J connectivity index is 1.03. The lowest BCUT2D eigenvalue weighted by molar-refractivity contribution is 0.591. The van der Waals surface area contributed by atoms with Crippen LogP contribution >= 0.6 is 0 Å². The quantitative estimate of drug-likeness (QED) is 0.169. The van der Waals surface area contributed by atoms with E-state index in [1.165, 1.54) is 61.2 Å². The molecule has 2 heteroatoms. The highest BCUT2D eigenvalue weighted by Crippen LogP contribution is 2.50. The fourth-order valence-corrected chi connectivity index (χ4v) is 8.96. The molecule has 1 aromatic heterocycles. The van der Waals surface area contributed by atoms with Crippen LogP contribution in [-0.4, -0.2) is 0 Å². The second kappa shape index (κ2) is 13.2.